The molecule has 21 heavy (non-hydrogen) atoms. The van der Waals surface area contributed by atoms with Gasteiger partial charge in [-0.2, -0.15) is 0 Å². The first-order chi connectivity index (χ1) is 10.4. The Morgan fingerprint density at radius 2 is 2.19 bits per heavy atom. The number of pyridine rings is 1. The molecule has 1 N–H and O–H groups in total. The van der Waals surface area contributed by atoms with Crippen LogP contribution < -0.4 is 5.32 Å². The summed E-state index contributed by atoms with van der Waals surface area (Å²) in [5.74, 6) is 0.666. The van der Waals surface area contributed by atoms with Crippen molar-refractivity contribution >= 4 is 11.3 Å². The summed E-state index contributed by atoms with van der Waals surface area (Å²) >= 11 is 1.94. The van der Waals surface area contributed by atoms with Gasteiger partial charge in [0.1, 0.15) is 0 Å². The van der Waals surface area contributed by atoms with E-state index in [1.54, 1.807) is 10.4 Å². The molecule has 2 aromatic heterocycles. The van der Waals surface area contributed by atoms with E-state index in [0.29, 0.717) is 12.0 Å². The Labute approximate surface area is 131 Å². The molecule has 3 heteroatoms. The zero-order valence-corrected chi connectivity index (χ0v) is 13.5. The van der Waals surface area contributed by atoms with Crippen molar-refractivity contribution < 1.29 is 0 Å². The van der Waals surface area contributed by atoms with E-state index in [4.69, 9.17) is 0 Å². The van der Waals surface area contributed by atoms with Gasteiger partial charge in [0, 0.05) is 29.2 Å². The highest BCUT2D eigenvalue weighted by Crippen LogP contribution is 2.37. The first-order valence-corrected chi connectivity index (χ1v) is 8.95. The molecule has 2 unspecified atom stereocenters. The topological polar surface area (TPSA) is 24.9 Å². The molecule has 0 saturated heterocycles. The lowest BCUT2D eigenvalue weighted by Crippen LogP contribution is -2.38. The van der Waals surface area contributed by atoms with Crippen LogP contribution in [0.2, 0.25) is 0 Å². The second-order valence-electron chi connectivity index (χ2n) is 5.92. The third-order valence-corrected chi connectivity index (χ3v) is 5.44. The molecule has 0 spiro atoms. The first kappa shape index (κ1) is 14.7. The van der Waals surface area contributed by atoms with Crippen molar-refractivity contribution in [3.8, 4) is 0 Å². The van der Waals surface area contributed by atoms with Crippen molar-refractivity contribution in [3.05, 3.63) is 52.0 Å². The molecular weight excluding hydrogens is 276 g/mol. The van der Waals surface area contributed by atoms with Gasteiger partial charge in [-0.05, 0) is 73.4 Å². The van der Waals surface area contributed by atoms with Gasteiger partial charge >= 0.3 is 0 Å². The van der Waals surface area contributed by atoms with E-state index in [2.05, 4.69) is 40.8 Å². The number of aryl methyl sites for hydroxylation is 1. The number of fused-ring (bicyclic) bond motifs is 1. The predicted molar refractivity (Wildman–Crippen MR) is 90.0 cm³/mol. The van der Waals surface area contributed by atoms with Gasteiger partial charge in [-0.3, -0.25) is 4.98 Å². The summed E-state index contributed by atoms with van der Waals surface area (Å²) in [6, 6.07) is 7.20. The Morgan fingerprint density at radius 1 is 1.33 bits per heavy atom. The summed E-state index contributed by atoms with van der Waals surface area (Å²) < 4.78 is 0. The average Bonchev–Trinajstić information content (AvgIpc) is 3.01. The SMILES string of the molecule is CCCNC(Cc1ccncc1)C1CCCc2sccc21. The van der Waals surface area contributed by atoms with Crippen LogP contribution in [-0.4, -0.2) is 17.6 Å². The zero-order valence-electron chi connectivity index (χ0n) is 12.7. The standard InChI is InChI=1S/C18H24N2S/c1-2-9-20-17(13-14-6-10-19-11-7-14)15-4-3-5-18-16(15)8-12-21-18/h6-8,10-12,15,17,20H,2-5,9,13H2,1H3. The molecule has 112 valence electrons. The molecule has 2 nitrogen and oxygen atoms in total. The highest BCUT2D eigenvalue weighted by atomic mass is 32.1. The molecule has 0 amide bonds. The number of nitrogens with one attached hydrogen (secondary N) is 1. The minimum Gasteiger partial charge on any atom is -0.313 e. The van der Waals surface area contributed by atoms with E-state index >= 15 is 0 Å². The fourth-order valence-corrected chi connectivity index (χ4v) is 4.40. The molecule has 1 aliphatic rings. The Balaban J connectivity index is 1.80. The van der Waals surface area contributed by atoms with Crippen molar-refractivity contribution in [1.29, 1.82) is 0 Å². The molecule has 0 bridgehead atoms. The average molecular weight is 300 g/mol. The lowest BCUT2D eigenvalue weighted by atomic mass is 9.80. The van der Waals surface area contributed by atoms with Crippen LogP contribution in [0.1, 0.15) is 48.1 Å². The Bertz CT molecular complexity index is 549. The van der Waals surface area contributed by atoms with Crippen LogP contribution in [0.4, 0.5) is 0 Å². The maximum absolute atomic E-state index is 4.14. The second kappa shape index (κ2) is 7.19. The number of aromatic nitrogens is 1. The fraction of sp³-hybridized carbons (Fsp3) is 0.500. The Morgan fingerprint density at radius 3 is 3.00 bits per heavy atom. The minimum absolute atomic E-state index is 0.543. The molecule has 2 aromatic rings. The van der Waals surface area contributed by atoms with E-state index in [1.807, 2.05) is 23.7 Å². The maximum Gasteiger partial charge on any atom is 0.0270 e. The van der Waals surface area contributed by atoms with Gasteiger partial charge in [0.05, 0.1) is 0 Å². The van der Waals surface area contributed by atoms with Crippen LogP contribution in [0.15, 0.2) is 36.0 Å². The number of hydrogen-bond acceptors (Lipinski definition) is 3. The number of nitrogens with zero attached hydrogens (tertiary/aromatic N) is 1. The number of thiophene rings is 1. The lowest BCUT2D eigenvalue weighted by Gasteiger charge is -2.31. The van der Waals surface area contributed by atoms with Crippen molar-refractivity contribution in [3.63, 3.8) is 0 Å². The van der Waals surface area contributed by atoms with Gasteiger partial charge in [-0.25, -0.2) is 0 Å². The molecule has 2 atom stereocenters. The maximum atomic E-state index is 4.14. The second-order valence-corrected chi connectivity index (χ2v) is 6.92. The predicted octanol–water partition coefficient (Wildman–Crippen LogP) is 4.17. The van der Waals surface area contributed by atoms with Gasteiger partial charge < -0.3 is 5.32 Å². The van der Waals surface area contributed by atoms with Crippen molar-refractivity contribution in [2.24, 2.45) is 0 Å². The monoisotopic (exact) mass is 300 g/mol. The first-order valence-electron chi connectivity index (χ1n) is 8.07. The van der Waals surface area contributed by atoms with Gasteiger partial charge in [0.2, 0.25) is 0 Å². The number of hydrogen-bond donors (Lipinski definition) is 1. The Kier molecular flexibility index (Phi) is 5.04. The van der Waals surface area contributed by atoms with E-state index in [0.717, 1.165) is 13.0 Å². The third kappa shape index (κ3) is 3.53. The largest absolute Gasteiger partial charge is 0.313 e. The molecule has 0 aliphatic heterocycles. The minimum atomic E-state index is 0.543. The van der Waals surface area contributed by atoms with E-state index in [-0.39, 0.29) is 0 Å². The van der Waals surface area contributed by atoms with Crippen molar-refractivity contribution in [2.75, 3.05) is 6.54 Å². The van der Waals surface area contributed by atoms with Crippen LogP contribution >= 0.6 is 11.3 Å². The highest BCUT2D eigenvalue weighted by molar-refractivity contribution is 7.10. The highest BCUT2D eigenvalue weighted by Gasteiger charge is 2.28. The van der Waals surface area contributed by atoms with E-state index in [9.17, 15) is 0 Å². The summed E-state index contributed by atoms with van der Waals surface area (Å²) in [6.45, 7) is 3.35. The smallest absolute Gasteiger partial charge is 0.0270 e. The molecule has 3 rings (SSSR count). The zero-order chi connectivity index (χ0) is 14.5. The summed E-state index contributed by atoms with van der Waals surface area (Å²) in [5, 5.41) is 6.07. The summed E-state index contributed by atoms with van der Waals surface area (Å²) in [5.41, 5.74) is 3.00. The molecule has 0 fully saturated rings. The van der Waals surface area contributed by atoms with Crippen LogP contribution in [0.25, 0.3) is 0 Å². The van der Waals surface area contributed by atoms with E-state index in [1.165, 1.54) is 31.2 Å². The van der Waals surface area contributed by atoms with Gasteiger partial charge in [-0.1, -0.05) is 6.92 Å². The van der Waals surface area contributed by atoms with Gasteiger partial charge in [0.25, 0.3) is 0 Å². The molecule has 0 aromatic carbocycles. The fourth-order valence-electron chi connectivity index (χ4n) is 3.40. The normalized spacial score (nSPS) is 19.2. The van der Waals surface area contributed by atoms with Crippen LogP contribution in [-0.2, 0) is 12.8 Å². The quantitative estimate of drug-likeness (QED) is 0.866. The van der Waals surface area contributed by atoms with Crippen LogP contribution in [0.5, 0.6) is 0 Å². The number of rotatable bonds is 6. The van der Waals surface area contributed by atoms with Gasteiger partial charge in [-0.15, -0.1) is 11.3 Å². The van der Waals surface area contributed by atoms with Crippen LogP contribution in [0.3, 0.4) is 0 Å². The summed E-state index contributed by atoms with van der Waals surface area (Å²) in [7, 11) is 0. The van der Waals surface area contributed by atoms with Gasteiger partial charge in [0.15, 0.2) is 0 Å². The third-order valence-electron chi connectivity index (χ3n) is 4.45. The molecular formula is C18H24N2S. The lowest BCUT2D eigenvalue weighted by molar-refractivity contribution is 0.391. The molecule has 2 heterocycles. The van der Waals surface area contributed by atoms with Crippen LogP contribution in [0, 0.1) is 0 Å². The van der Waals surface area contributed by atoms with Crippen molar-refractivity contribution in [1.82, 2.24) is 10.3 Å². The molecule has 1 aliphatic carbocycles. The van der Waals surface area contributed by atoms with Crippen molar-refractivity contribution in [2.45, 2.75) is 51.0 Å². The molecule has 0 radical (unpaired) electrons. The molecule has 0 saturated carbocycles. The Hall–Kier alpha value is -1.19. The van der Waals surface area contributed by atoms with E-state index < -0.39 is 0 Å². The summed E-state index contributed by atoms with van der Waals surface area (Å²) in [6.07, 6.45) is 10.0. The summed E-state index contributed by atoms with van der Waals surface area (Å²) in [4.78, 5) is 5.75.